The Kier molecular flexibility index (Phi) is 12.2. The van der Waals surface area contributed by atoms with Crippen molar-refractivity contribution in [3.8, 4) is 0 Å². The van der Waals surface area contributed by atoms with E-state index in [1.165, 1.54) is 52.1 Å². The van der Waals surface area contributed by atoms with Crippen LogP contribution in [0.2, 0.25) is 0 Å². The molecule has 0 N–H and O–H groups in total. The molecule has 1 aliphatic heterocycles. The highest BCUT2D eigenvalue weighted by Gasteiger charge is 2.39. The number of ether oxygens (including phenoxy) is 5. The van der Waals surface area contributed by atoms with E-state index in [1.54, 1.807) is 19.1 Å². The Morgan fingerprint density at radius 3 is 1.91 bits per heavy atom. The van der Waals surface area contributed by atoms with Gasteiger partial charge in [-0.3, -0.25) is 34.2 Å². The van der Waals surface area contributed by atoms with E-state index in [1.807, 2.05) is 0 Å². The summed E-state index contributed by atoms with van der Waals surface area (Å²) in [5.41, 5.74) is 1.18. The molecule has 1 aromatic carbocycles. The molecular weight excluding hydrogens is 674 g/mol. The average molecular weight is 709 g/mol. The van der Waals surface area contributed by atoms with Crippen molar-refractivity contribution < 1.29 is 52.5 Å². The van der Waals surface area contributed by atoms with E-state index in [0.29, 0.717) is 15.5 Å². The summed E-state index contributed by atoms with van der Waals surface area (Å²) in [4.78, 5) is 91.1. The molecule has 17 heteroatoms. The lowest BCUT2D eigenvalue weighted by Crippen LogP contribution is -2.53. The van der Waals surface area contributed by atoms with Gasteiger partial charge in [0.2, 0.25) is 5.96 Å². The van der Waals surface area contributed by atoms with Gasteiger partial charge in [-0.05, 0) is 62.7 Å². The van der Waals surface area contributed by atoms with Crippen molar-refractivity contribution in [1.29, 1.82) is 0 Å². The van der Waals surface area contributed by atoms with Crippen LogP contribution >= 0.6 is 15.9 Å². The van der Waals surface area contributed by atoms with Crippen LogP contribution in [0.15, 0.2) is 34.0 Å². The topological polar surface area (TPSA) is 193 Å². The first kappa shape index (κ1) is 36.0. The quantitative estimate of drug-likeness (QED) is 0.242. The highest BCUT2D eigenvalue weighted by atomic mass is 79.9. The van der Waals surface area contributed by atoms with Crippen LogP contribution in [0.4, 0.5) is 5.69 Å². The van der Waals surface area contributed by atoms with Gasteiger partial charge in [-0.1, -0.05) is 0 Å². The SMILES string of the molecule is CO[C@@H](C)C(=O)N1CCN=C1N(C(=O)[C@H](C)OC(=O)[C@H](C)OC(=O)[C@H](C)OC(=O)[C@H](C)OC(C)=O)c1ccc2nccnc2c1Br. The molecule has 0 unspecified atom stereocenters. The van der Waals surface area contributed by atoms with Gasteiger partial charge in [0, 0.05) is 33.0 Å². The zero-order valence-corrected chi connectivity index (χ0v) is 27.8. The van der Waals surface area contributed by atoms with Crippen molar-refractivity contribution in [1.82, 2.24) is 14.9 Å². The number of halogens is 1. The fraction of sp³-hybridized carbons (Fsp3) is 0.483. The number of carbonyl (C=O) groups is 6. The number of esters is 4. The average Bonchev–Trinajstić information content (AvgIpc) is 3.50. The van der Waals surface area contributed by atoms with Crippen LogP contribution in [0.25, 0.3) is 11.0 Å². The minimum absolute atomic E-state index is 0.0242. The number of guanidine groups is 1. The number of hydrogen-bond acceptors (Lipinski definition) is 14. The standard InChI is InChI=1S/C29H34BrN5O11/c1-14(42-7)24(37)34-13-12-33-29(34)35(21-9-8-20-23(22(21)30)32-11-10-31-20)25(38)15(2)44-27(40)17(4)46-28(41)18(5)45-26(39)16(3)43-19(6)36/h8-11,14-18H,12-13H2,1-7H3/t14-,15-,16-,17-,18-/m0/s1. The van der Waals surface area contributed by atoms with Gasteiger partial charge in [-0.2, -0.15) is 0 Å². The molecule has 1 aliphatic rings. The van der Waals surface area contributed by atoms with Gasteiger partial charge in [0.25, 0.3) is 11.8 Å². The molecule has 0 fully saturated rings. The molecule has 2 heterocycles. The lowest BCUT2D eigenvalue weighted by atomic mass is 10.2. The largest absolute Gasteiger partial charge is 0.451 e. The van der Waals surface area contributed by atoms with Crippen LogP contribution in [-0.2, 0) is 52.5 Å². The Bertz CT molecular complexity index is 1550. The summed E-state index contributed by atoms with van der Waals surface area (Å²) in [6, 6.07) is 3.20. The molecule has 0 radical (unpaired) electrons. The van der Waals surface area contributed by atoms with Crippen LogP contribution in [0, 0.1) is 0 Å². The van der Waals surface area contributed by atoms with Crippen LogP contribution in [0.1, 0.15) is 41.5 Å². The Balaban J connectivity index is 1.81. The first-order chi connectivity index (χ1) is 21.7. The molecule has 16 nitrogen and oxygen atoms in total. The maximum Gasteiger partial charge on any atom is 0.347 e. The van der Waals surface area contributed by atoms with Crippen LogP contribution < -0.4 is 4.90 Å². The number of aliphatic imine (C=N–C) groups is 1. The zero-order chi connectivity index (χ0) is 34.3. The molecule has 2 aromatic rings. The third-order valence-electron chi connectivity index (χ3n) is 6.57. The fourth-order valence-electron chi connectivity index (χ4n) is 4.08. The Morgan fingerprint density at radius 2 is 1.35 bits per heavy atom. The number of benzene rings is 1. The second-order valence-electron chi connectivity index (χ2n) is 10.0. The first-order valence-electron chi connectivity index (χ1n) is 14.1. The van der Waals surface area contributed by atoms with Crippen molar-refractivity contribution in [2.24, 2.45) is 4.99 Å². The third-order valence-corrected chi connectivity index (χ3v) is 7.35. The number of rotatable bonds is 11. The highest BCUT2D eigenvalue weighted by molar-refractivity contribution is 9.10. The molecule has 3 rings (SSSR count). The van der Waals surface area contributed by atoms with Crippen molar-refractivity contribution in [2.45, 2.75) is 72.1 Å². The van der Waals surface area contributed by atoms with Crippen LogP contribution in [-0.4, -0.2) is 107 Å². The second kappa shape index (κ2) is 15.7. The molecule has 0 aliphatic carbocycles. The lowest BCUT2D eigenvalue weighted by molar-refractivity contribution is -0.183. The molecule has 5 atom stereocenters. The summed E-state index contributed by atoms with van der Waals surface area (Å²) >= 11 is 3.49. The number of nitrogens with zero attached hydrogens (tertiary/aromatic N) is 5. The molecule has 2 amide bonds. The number of methoxy groups -OCH3 is 1. The molecule has 0 saturated carbocycles. The van der Waals surface area contributed by atoms with Gasteiger partial charge in [0.15, 0.2) is 24.4 Å². The summed E-state index contributed by atoms with van der Waals surface area (Å²) in [7, 11) is 1.38. The number of fused-ring (bicyclic) bond motifs is 1. The van der Waals surface area contributed by atoms with Gasteiger partial charge in [0.05, 0.1) is 22.2 Å². The Labute approximate surface area is 272 Å². The predicted molar refractivity (Wildman–Crippen MR) is 163 cm³/mol. The van der Waals surface area contributed by atoms with E-state index in [9.17, 15) is 28.8 Å². The second-order valence-corrected chi connectivity index (χ2v) is 10.8. The summed E-state index contributed by atoms with van der Waals surface area (Å²) in [5, 5.41) is 0. The molecule has 0 saturated heterocycles. The molecule has 0 bridgehead atoms. The summed E-state index contributed by atoms with van der Waals surface area (Å²) in [6.07, 6.45) is -3.58. The number of anilines is 1. The van der Waals surface area contributed by atoms with Crippen molar-refractivity contribution in [3.05, 3.63) is 29.0 Å². The molecule has 1 aromatic heterocycles. The van der Waals surface area contributed by atoms with Crippen molar-refractivity contribution in [2.75, 3.05) is 25.1 Å². The highest BCUT2D eigenvalue weighted by Crippen LogP contribution is 2.34. The molecule has 0 spiro atoms. The van der Waals surface area contributed by atoms with Gasteiger partial charge < -0.3 is 23.7 Å². The number of aromatic nitrogens is 2. The van der Waals surface area contributed by atoms with E-state index in [-0.39, 0.29) is 24.7 Å². The van der Waals surface area contributed by atoms with E-state index in [0.717, 1.165) is 11.8 Å². The van der Waals surface area contributed by atoms with Crippen LogP contribution in [0.3, 0.4) is 0 Å². The van der Waals surface area contributed by atoms with E-state index < -0.39 is 66.2 Å². The molecular formula is C29H34BrN5O11. The van der Waals surface area contributed by atoms with Gasteiger partial charge in [0.1, 0.15) is 11.6 Å². The van der Waals surface area contributed by atoms with Crippen molar-refractivity contribution >= 4 is 74.3 Å². The Morgan fingerprint density at radius 1 is 0.804 bits per heavy atom. The molecule has 248 valence electrons. The first-order valence-corrected chi connectivity index (χ1v) is 14.9. The summed E-state index contributed by atoms with van der Waals surface area (Å²) < 4.78 is 25.6. The minimum atomic E-state index is -1.52. The fourth-order valence-corrected chi connectivity index (χ4v) is 4.70. The minimum Gasteiger partial charge on any atom is -0.451 e. The third kappa shape index (κ3) is 8.39. The maximum atomic E-state index is 14.0. The van der Waals surface area contributed by atoms with Gasteiger partial charge in [-0.25, -0.2) is 19.3 Å². The zero-order valence-electron chi connectivity index (χ0n) is 26.2. The van der Waals surface area contributed by atoms with E-state index >= 15 is 0 Å². The number of amides is 2. The Hall–Kier alpha value is -4.51. The molecule has 46 heavy (non-hydrogen) atoms. The summed E-state index contributed by atoms with van der Waals surface area (Å²) in [6.45, 7) is 7.99. The van der Waals surface area contributed by atoms with Gasteiger partial charge >= 0.3 is 23.9 Å². The smallest absolute Gasteiger partial charge is 0.347 e. The van der Waals surface area contributed by atoms with Gasteiger partial charge in [-0.15, -0.1) is 0 Å². The lowest BCUT2D eigenvalue weighted by Gasteiger charge is -2.31. The number of hydrogen-bond donors (Lipinski definition) is 0. The monoisotopic (exact) mass is 707 g/mol. The van der Waals surface area contributed by atoms with E-state index in [4.69, 9.17) is 23.7 Å². The summed E-state index contributed by atoms with van der Waals surface area (Å²) in [5.74, 6) is -5.15. The van der Waals surface area contributed by atoms with Crippen LogP contribution in [0.5, 0.6) is 0 Å². The maximum absolute atomic E-state index is 14.0. The van der Waals surface area contributed by atoms with E-state index in [2.05, 4.69) is 30.9 Å². The normalized spacial score (nSPS) is 15.9. The predicted octanol–water partition coefficient (Wildman–Crippen LogP) is 1.71. The van der Waals surface area contributed by atoms with Crippen molar-refractivity contribution in [3.63, 3.8) is 0 Å². The number of carbonyl (C=O) groups excluding carboxylic acids is 6.